The number of amides is 1. The van der Waals surface area contributed by atoms with Crippen molar-refractivity contribution >= 4 is 17.3 Å². The van der Waals surface area contributed by atoms with E-state index in [0.717, 1.165) is 30.9 Å². The van der Waals surface area contributed by atoms with Gasteiger partial charge in [0.05, 0.1) is 7.11 Å². The number of nitrogens with one attached hydrogen (secondary N) is 1. The maximum atomic E-state index is 12.1. The highest BCUT2D eigenvalue weighted by atomic mass is 16.5. The number of ether oxygens (including phenoxy) is 1. The lowest BCUT2D eigenvalue weighted by Crippen LogP contribution is -2.26. The van der Waals surface area contributed by atoms with Crippen molar-refractivity contribution < 1.29 is 9.53 Å². The predicted molar refractivity (Wildman–Crippen MR) is 88.6 cm³/mol. The summed E-state index contributed by atoms with van der Waals surface area (Å²) in [6.07, 6.45) is 1.54. The molecule has 22 heavy (non-hydrogen) atoms. The average Bonchev–Trinajstić information content (AvgIpc) is 2.96. The molecule has 0 saturated carbocycles. The van der Waals surface area contributed by atoms with Crippen LogP contribution in [-0.4, -0.2) is 26.1 Å². The van der Waals surface area contributed by atoms with Crippen molar-refractivity contribution in [3.63, 3.8) is 0 Å². The first-order chi connectivity index (χ1) is 10.8. The third kappa shape index (κ3) is 3.22. The standard InChI is InChI=1S/C18H20N2O2/c1-22-16-7-4-6-15(13-16)19-18(21)10-12-20-11-9-14-5-2-3-8-17(14)20/h2-8,13H,9-12H2,1H3,(H,19,21). The summed E-state index contributed by atoms with van der Waals surface area (Å²) in [6, 6.07) is 15.8. The smallest absolute Gasteiger partial charge is 0.226 e. The molecule has 0 radical (unpaired) electrons. The molecule has 0 bridgehead atoms. The minimum absolute atomic E-state index is 0.0256. The zero-order valence-electron chi connectivity index (χ0n) is 12.7. The summed E-state index contributed by atoms with van der Waals surface area (Å²) in [7, 11) is 1.62. The highest BCUT2D eigenvalue weighted by Crippen LogP contribution is 2.27. The lowest BCUT2D eigenvalue weighted by atomic mass is 10.2. The molecule has 1 aliphatic heterocycles. The molecular weight excluding hydrogens is 276 g/mol. The SMILES string of the molecule is COc1cccc(NC(=O)CCN2CCc3ccccc32)c1. The highest BCUT2D eigenvalue weighted by Gasteiger charge is 2.18. The molecule has 1 amide bonds. The maximum Gasteiger partial charge on any atom is 0.226 e. The van der Waals surface area contributed by atoms with Crippen LogP contribution < -0.4 is 15.0 Å². The van der Waals surface area contributed by atoms with E-state index in [2.05, 4.69) is 28.4 Å². The predicted octanol–water partition coefficient (Wildman–Crippen LogP) is 3.09. The summed E-state index contributed by atoms with van der Waals surface area (Å²) >= 11 is 0. The van der Waals surface area contributed by atoms with Gasteiger partial charge in [-0.2, -0.15) is 0 Å². The van der Waals surface area contributed by atoms with Crippen molar-refractivity contribution in [2.45, 2.75) is 12.8 Å². The molecule has 0 saturated heterocycles. The van der Waals surface area contributed by atoms with E-state index in [1.54, 1.807) is 7.11 Å². The fourth-order valence-corrected chi connectivity index (χ4v) is 2.80. The van der Waals surface area contributed by atoms with Crippen LogP contribution in [0.15, 0.2) is 48.5 Å². The molecule has 4 nitrogen and oxygen atoms in total. The van der Waals surface area contributed by atoms with Crippen LogP contribution in [0.3, 0.4) is 0 Å². The van der Waals surface area contributed by atoms with Crippen molar-refractivity contribution in [1.82, 2.24) is 0 Å². The van der Waals surface area contributed by atoms with Crippen molar-refractivity contribution in [2.75, 3.05) is 30.4 Å². The van der Waals surface area contributed by atoms with Crippen molar-refractivity contribution in [3.8, 4) is 5.75 Å². The van der Waals surface area contributed by atoms with Crippen molar-refractivity contribution in [2.24, 2.45) is 0 Å². The Morgan fingerprint density at radius 2 is 2.09 bits per heavy atom. The highest BCUT2D eigenvalue weighted by molar-refractivity contribution is 5.91. The van der Waals surface area contributed by atoms with Crippen LogP contribution in [0, 0.1) is 0 Å². The molecule has 0 spiro atoms. The van der Waals surface area contributed by atoms with E-state index < -0.39 is 0 Å². The quantitative estimate of drug-likeness (QED) is 0.922. The van der Waals surface area contributed by atoms with E-state index in [-0.39, 0.29) is 5.91 Å². The number of carbonyl (C=O) groups is 1. The number of fused-ring (bicyclic) bond motifs is 1. The summed E-state index contributed by atoms with van der Waals surface area (Å²) in [4.78, 5) is 14.4. The van der Waals surface area contributed by atoms with Crippen LogP contribution in [0.1, 0.15) is 12.0 Å². The summed E-state index contributed by atoms with van der Waals surface area (Å²) in [5.41, 5.74) is 3.40. The number of benzene rings is 2. The first-order valence-electron chi connectivity index (χ1n) is 7.53. The normalized spacial score (nSPS) is 12.9. The van der Waals surface area contributed by atoms with Gasteiger partial charge in [-0.1, -0.05) is 24.3 Å². The van der Waals surface area contributed by atoms with Gasteiger partial charge >= 0.3 is 0 Å². The number of rotatable bonds is 5. The van der Waals surface area contributed by atoms with Crippen LogP contribution in [0.25, 0.3) is 0 Å². The fraction of sp³-hybridized carbons (Fsp3) is 0.278. The molecule has 0 aliphatic carbocycles. The van der Waals surface area contributed by atoms with Gasteiger partial charge in [-0.15, -0.1) is 0 Å². The maximum absolute atomic E-state index is 12.1. The van der Waals surface area contributed by atoms with Gasteiger partial charge in [0, 0.05) is 37.0 Å². The molecule has 1 N–H and O–H groups in total. The van der Waals surface area contributed by atoms with Crippen LogP contribution in [0.2, 0.25) is 0 Å². The molecule has 114 valence electrons. The Bertz CT molecular complexity index is 670. The van der Waals surface area contributed by atoms with Gasteiger partial charge in [0.1, 0.15) is 5.75 Å². The second kappa shape index (κ2) is 6.52. The molecule has 0 atom stereocenters. The fourth-order valence-electron chi connectivity index (χ4n) is 2.80. The molecular formula is C18H20N2O2. The number of hydrogen-bond donors (Lipinski definition) is 1. The zero-order chi connectivity index (χ0) is 15.4. The Balaban J connectivity index is 1.55. The third-order valence-electron chi connectivity index (χ3n) is 3.95. The van der Waals surface area contributed by atoms with E-state index in [9.17, 15) is 4.79 Å². The molecule has 2 aromatic carbocycles. The minimum Gasteiger partial charge on any atom is -0.497 e. The van der Waals surface area contributed by atoms with Gasteiger partial charge < -0.3 is 15.0 Å². The topological polar surface area (TPSA) is 41.6 Å². The Morgan fingerprint density at radius 3 is 2.95 bits per heavy atom. The zero-order valence-corrected chi connectivity index (χ0v) is 12.7. The Hall–Kier alpha value is -2.49. The van der Waals surface area contributed by atoms with Crippen LogP contribution in [0.5, 0.6) is 5.75 Å². The van der Waals surface area contributed by atoms with Gasteiger partial charge in [-0.3, -0.25) is 4.79 Å². The van der Waals surface area contributed by atoms with Crippen LogP contribution >= 0.6 is 0 Å². The van der Waals surface area contributed by atoms with E-state index in [1.165, 1.54) is 11.3 Å². The number of carbonyl (C=O) groups excluding carboxylic acids is 1. The Labute approximate surface area is 130 Å². The number of hydrogen-bond acceptors (Lipinski definition) is 3. The molecule has 1 heterocycles. The van der Waals surface area contributed by atoms with E-state index in [1.807, 2.05) is 30.3 Å². The summed E-state index contributed by atoms with van der Waals surface area (Å²) in [6.45, 7) is 1.73. The second-order valence-electron chi connectivity index (χ2n) is 5.40. The molecule has 1 aliphatic rings. The number of para-hydroxylation sites is 1. The largest absolute Gasteiger partial charge is 0.497 e. The average molecular weight is 296 g/mol. The molecule has 4 heteroatoms. The van der Waals surface area contributed by atoms with Crippen molar-refractivity contribution in [3.05, 3.63) is 54.1 Å². The van der Waals surface area contributed by atoms with Gasteiger partial charge in [0.2, 0.25) is 5.91 Å². The van der Waals surface area contributed by atoms with Crippen LogP contribution in [-0.2, 0) is 11.2 Å². The van der Waals surface area contributed by atoms with Gasteiger partial charge in [-0.05, 0) is 30.2 Å². The van der Waals surface area contributed by atoms with E-state index >= 15 is 0 Å². The third-order valence-corrected chi connectivity index (χ3v) is 3.95. The minimum atomic E-state index is 0.0256. The molecule has 0 fully saturated rings. The molecule has 3 rings (SSSR count). The lowest BCUT2D eigenvalue weighted by molar-refractivity contribution is -0.116. The Morgan fingerprint density at radius 1 is 1.23 bits per heavy atom. The van der Waals surface area contributed by atoms with Crippen molar-refractivity contribution in [1.29, 1.82) is 0 Å². The molecule has 0 aromatic heterocycles. The van der Waals surface area contributed by atoms with Crippen LogP contribution in [0.4, 0.5) is 11.4 Å². The Kier molecular flexibility index (Phi) is 4.28. The first-order valence-corrected chi connectivity index (χ1v) is 7.53. The first kappa shape index (κ1) is 14.4. The summed E-state index contributed by atoms with van der Waals surface area (Å²) in [5, 5.41) is 2.92. The number of methoxy groups -OCH3 is 1. The summed E-state index contributed by atoms with van der Waals surface area (Å²) < 4.78 is 5.16. The monoisotopic (exact) mass is 296 g/mol. The van der Waals surface area contributed by atoms with Gasteiger partial charge in [-0.25, -0.2) is 0 Å². The lowest BCUT2D eigenvalue weighted by Gasteiger charge is -2.19. The molecule has 2 aromatic rings. The number of anilines is 2. The van der Waals surface area contributed by atoms with Gasteiger partial charge in [0.25, 0.3) is 0 Å². The van der Waals surface area contributed by atoms with E-state index in [0.29, 0.717) is 6.42 Å². The second-order valence-corrected chi connectivity index (χ2v) is 5.40. The molecule has 0 unspecified atom stereocenters. The number of nitrogens with zero attached hydrogens (tertiary/aromatic N) is 1. The summed E-state index contributed by atoms with van der Waals surface area (Å²) in [5.74, 6) is 0.768. The van der Waals surface area contributed by atoms with E-state index in [4.69, 9.17) is 4.74 Å². The van der Waals surface area contributed by atoms with Gasteiger partial charge in [0.15, 0.2) is 0 Å².